The molecule has 1 aliphatic rings. The van der Waals surface area contributed by atoms with Crippen molar-refractivity contribution in [2.75, 3.05) is 18.4 Å². The van der Waals surface area contributed by atoms with Crippen LogP contribution in [0.3, 0.4) is 0 Å². The number of nitrogens with zero attached hydrogens (tertiary/aromatic N) is 1. The van der Waals surface area contributed by atoms with E-state index in [9.17, 15) is 4.79 Å². The Hall–Kier alpha value is -1.56. The topological polar surface area (TPSA) is 69.8 Å². The molecule has 1 saturated heterocycles. The molecule has 1 atom stereocenters. The molecule has 2 aromatic rings. The molecule has 0 saturated carbocycles. The molecule has 0 radical (unpaired) electrons. The van der Waals surface area contributed by atoms with E-state index in [1.807, 2.05) is 24.3 Å². The SMILES string of the molecule is CC(CC(=O)Nc1ccc(-c2ncc[nH]2)cc1)C1CCNCC1.Cl.Cl. The molecule has 0 spiro atoms. The minimum atomic E-state index is 0. The van der Waals surface area contributed by atoms with Crippen molar-refractivity contribution in [3.8, 4) is 11.4 Å². The third-order valence-electron chi connectivity index (χ3n) is 4.64. The third kappa shape index (κ3) is 6.03. The molecule has 0 aliphatic carbocycles. The Morgan fingerprint density at radius 2 is 1.92 bits per heavy atom. The molecule has 5 nitrogen and oxygen atoms in total. The van der Waals surface area contributed by atoms with Crippen LogP contribution in [0, 0.1) is 11.8 Å². The van der Waals surface area contributed by atoms with Crippen molar-refractivity contribution in [2.45, 2.75) is 26.2 Å². The minimum absolute atomic E-state index is 0. The van der Waals surface area contributed by atoms with Gasteiger partial charge >= 0.3 is 0 Å². The second kappa shape index (κ2) is 10.4. The highest BCUT2D eigenvalue weighted by atomic mass is 35.5. The molecule has 7 heteroatoms. The van der Waals surface area contributed by atoms with Crippen LogP contribution in [0.5, 0.6) is 0 Å². The van der Waals surface area contributed by atoms with Crippen molar-refractivity contribution in [2.24, 2.45) is 11.8 Å². The van der Waals surface area contributed by atoms with E-state index in [0.29, 0.717) is 18.3 Å². The molecular formula is C18H26Cl2N4O. The lowest BCUT2D eigenvalue weighted by Gasteiger charge is -2.27. The predicted molar refractivity (Wildman–Crippen MR) is 107 cm³/mol. The number of aromatic nitrogens is 2. The first-order valence-electron chi connectivity index (χ1n) is 8.33. The maximum absolute atomic E-state index is 12.2. The lowest BCUT2D eigenvalue weighted by Crippen LogP contribution is -2.32. The normalized spacial score (nSPS) is 15.6. The number of piperidine rings is 1. The summed E-state index contributed by atoms with van der Waals surface area (Å²) in [4.78, 5) is 19.5. The van der Waals surface area contributed by atoms with Gasteiger partial charge in [0.1, 0.15) is 5.82 Å². The van der Waals surface area contributed by atoms with Crippen LogP contribution in [-0.4, -0.2) is 29.0 Å². The van der Waals surface area contributed by atoms with Gasteiger partial charge in [0.05, 0.1) is 0 Å². The number of carbonyl (C=O) groups excluding carboxylic acids is 1. The number of benzene rings is 1. The number of halogens is 2. The van der Waals surface area contributed by atoms with E-state index in [2.05, 4.69) is 27.5 Å². The van der Waals surface area contributed by atoms with E-state index in [-0.39, 0.29) is 30.7 Å². The number of H-pyrrole nitrogens is 1. The molecule has 3 rings (SSSR count). The van der Waals surface area contributed by atoms with E-state index in [4.69, 9.17) is 0 Å². The van der Waals surface area contributed by atoms with Gasteiger partial charge in [-0.05, 0) is 62.0 Å². The van der Waals surface area contributed by atoms with Crippen molar-refractivity contribution in [3.63, 3.8) is 0 Å². The molecule has 1 aliphatic heterocycles. The van der Waals surface area contributed by atoms with Crippen LogP contribution < -0.4 is 10.6 Å². The molecule has 0 bridgehead atoms. The number of imidazole rings is 1. The Morgan fingerprint density at radius 3 is 2.52 bits per heavy atom. The van der Waals surface area contributed by atoms with E-state index in [1.165, 1.54) is 12.8 Å². The summed E-state index contributed by atoms with van der Waals surface area (Å²) in [5.41, 5.74) is 1.85. The second-order valence-corrected chi connectivity index (χ2v) is 6.33. The van der Waals surface area contributed by atoms with Gasteiger partial charge in [-0.15, -0.1) is 24.8 Å². The Morgan fingerprint density at radius 1 is 1.24 bits per heavy atom. The lowest BCUT2D eigenvalue weighted by atomic mass is 9.84. The summed E-state index contributed by atoms with van der Waals surface area (Å²) < 4.78 is 0. The fourth-order valence-electron chi connectivity index (χ4n) is 3.22. The average molecular weight is 385 g/mol. The Labute approximate surface area is 161 Å². The van der Waals surface area contributed by atoms with Crippen LogP contribution in [0.4, 0.5) is 5.69 Å². The van der Waals surface area contributed by atoms with Crippen LogP contribution >= 0.6 is 24.8 Å². The van der Waals surface area contributed by atoms with Crippen molar-refractivity contribution in [3.05, 3.63) is 36.7 Å². The van der Waals surface area contributed by atoms with E-state index >= 15 is 0 Å². The maximum atomic E-state index is 12.2. The summed E-state index contributed by atoms with van der Waals surface area (Å²) in [5.74, 6) is 2.02. The molecular weight excluding hydrogens is 359 g/mol. The number of amides is 1. The molecule has 1 aromatic heterocycles. The molecule has 25 heavy (non-hydrogen) atoms. The summed E-state index contributed by atoms with van der Waals surface area (Å²) in [6, 6.07) is 7.77. The van der Waals surface area contributed by atoms with E-state index < -0.39 is 0 Å². The average Bonchev–Trinajstić information content (AvgIpc) is 3.11. The van der Waals surface area contributed by atoms with Gasteiger partial charge in [-0.3, -0.25) is 4.79 Å². The van der Waals surface area contributed by atoms with Gasteiger partial charge in [-0.25, -0.2) is 4.98 Å². The van der Waals surface area contributed by atoms with E-state index in [0.717, 1.165) is 30.2 Å². The number of hydrogen-bond acceptors (Lipinski definition) is 3. The highest BCUT2D eigenvalue weighted by Gasteiger charge is 2.21. The number of hydrogen-bond donors (Lipinski definition) is 3. The van der Waals surface area contributed by atoms with Gasteiger partial charge < -0.3 is 15.6 Å². The fourth-order valence-corrected chi connectivity index (χ4v) is 3.22. The maximum Gasteiger partial charge on any atom is 0.224 e. The molecule has 1 amide bonds. The smallest absolute Gasteiger partial charge is 0.224 e. The first kappa shape index (κ1) is 21.5. The molecule has 3 N–H and O–H groups in total. The largest absolute Gasteiger partial charge is 0.345 e. The van der Waals surface area contributed by atoms with Crippen molar-refractivity contribution in [1.29, 1.82) is 0 Å². The van der Waals surface area contributed by atoms with Gasteiger partial charge in [0.2, 0.25) is 5.91 Å². The third-order valence-corrected chi connectivity index (χ3v) is 4.64. The second-order valence-electron chi connectivity index (χ2n) is 6.33. The predicted octanol–water partition coefficient (Wildman–Crippen LogP) is 3.88. The monoisotopic (exact) mass is 384 g/mol. The summed E-state index contributed by atoms with van der Waals surface area (Å²) in [6.07, 6.45) is 6.46. The quantitative estimate of drug-likeness (QED) is 0.732. The van der Waals surface area contributed by atoms with Crippen molar-refractivity contribution in [1.82, 2.24) is 15.3 Å². The zero-order valence-corrected chi connectivity index (χ0v) is 16.0. The number of carbonyl (C=O) groups is 1. The van der Waals surface area contributed by atoms with Gasteiger partial charge in [0, 0.05) is 30.1 Å². The minimum Gasteiger partial charge on any atom is -0.345 e. The van der Waals surface area contributed by atoms with Crippen LogP contribution in [0.2, 0.25) is 0 Å². The summed E-state index contributed by atoms with van der Waals surface area (Å²) in [5, 5.41) is 6.37. The Balaban J connectivity index is 0.00000156. The van der Waals surface area contributed by atoms with Crippen LogP contribution in [0.25, 0.3) is 11.4 Å². The standard InChI is InChI=1S/C18H24N4O.2ClH/c1-13(14-6-8-19-9-7-14)12-17(23)22-16-4-2-15(3-5-16)18-20-10-11-21-18;;/h2-5,10-11,13-14,19H,6-9,12H2,1H3,(H,20,21)(H,22,23);2*1H. The zero-order chi connectivity index (χ0) is 16.1. The lowest BCUT2D eigenvalue weighted by molar-refractivity contribution is -0.117. The summed E-state index contributed by atoms with van der Waals surface area (Å²) in [7, 11) is 0. The first-order chi connectivity index (χ1) is 11.2. The van der Waals surface area contributed by atoms with Gasteiger partial charge in [-0.2, -0.15) is 0 Å². The van der Waals surface area contributed by atoms with Crippen LogP contribution in [0.1, 0.15) is 26.2 Å². The first-order valence-corrected chi connectivity index (χ1v) is 8.33. The summed E-state index contributed by atoms with van der Waals surface area (Å²) in [6.45, 7) is 4.34. The van der Waals surface area contributed by atoms with Crippen LogP contribution in [0.15, 0.2) is 36.7 Å². The molecule has 1 aromatic carbocycles. The Bertz CT molecular complexity index is 625. The van der Waals surface area contributed by atoms with Gasteiger partial charge in [0.15, 0.2) is 0 Å². The molecule has 138 valence electrons. The van der Waals surface area contributed by atoms with Gasteiger partial charge in [0.25, 0.3) is 0 Å². The number of nitrogens with one attached hydrogen (secondary N) is 3. The van der Waals surface area contributed by atoms with Crippen LogP contribution in [-0.2, 0) is 4.79 Å². The fraction of sp³-hybridized carbons (Fsp3) is 0.444. The zero-order valence-electron chi connectivity index (χ0n) is 14.3. The van der Waals surface area contributed by atoms with E-state index in [1.54, 1.807) is 12.4 Å². The summed E-state index contributed by atoms with van der Waals surface area (Å²) >= 11 is 0. The highest BCUT2D eigenvalue weighted by molar-refractivity contribution is 5.91. The highest BCUT2D eigenvalue weighted by Crippen LogP contribution is 2.25. The molecule has 2 heterocycles. The molecule has 1 unspecified atom stereocenters. The number of anilines is 1. The Kier molecular flexibility index (Phi) is 8.97. The number of aromatic amines is 1. The molecule has 1 fully saturated rings. The van der Waals surface area contributed by atoms with Gasteiger partial charge in [-0.1, -0.05) is 6.92 Å². The van der Waals surface area contributed by atoms with Crippen molar-refractivity contribution >= 4 is 36.4 Å². The number of rotatable bonds is 5. The van der Waals surface area contributed by atoms with Crippen molar-refractivity contribution < 1.29 is 4.79 Å².